The Morgan fingerprint density at radius 3 is 2.91 bits per heavy atom. The molecule has 0 amide bonds. The Hall–Kier alpha value is -1.69. The summed E-state index contributed by atoms with van der Waals surface area (Å²) in [6.45, 7) is 0. The summed E-state index contributed by atoms with van der Waals surface area (Å²) in [5, 5.41) is 0. The average molecular weight is 148 g/mol. The Labute approximate surface area is 65.2 Å². The molecular weight excluding hydrogens is 140 g/mol. The van der Waals surface area contributed by atoms with E-state index in [9.17, 15) is 0 Å². The predicted molar refractivity (Wildman–Crippen MR) is 43.1 cm³/mol. The molecule has 1 rings (SSSR count). The molecule has 3 heteroatoms. The van der Waals surface area contributed by atoms with Gasteiger partial charge < -0.3 is 10.5 Å². The fourth-order valence-corrected chi connectivity index (χ4v) is 0.718. The number of nitrogens with two attached hydrogens (primary N) is 1. The normalized spacial score (nSPS) is 8.73. The van der Waals surface area contributed by atoms with Gasteiger partial charge in [-0.05, 0) is 0 Å². The topological polar surface area (TPSA) is 48.1 Å². The van der Waals surface area contributed by atoms with Crippen LogP contribution in [0.1, 0.15) is 5.69 Å². The van der Waals surface area contributed by atoms with Gasteiger partial charge in [-0.25, -0.2) is 4.98 Å². The minimum Gasteiger partial charge on any atom is -0.497 e. The standard InChI is InChI=1S/C8H8N2O/c1-3-6-4-7(11-2)5-8(9)10-6/h1,4-5H,2H3,(H2,9,10). The van der Waals surface area contributed by atoms with Crippen LogP contribution in [0.25, 0.3) is 0 Å². The lowest BCUT2D eigenvalue weighted by molar-refractivity contribution is 0.414. The SMILES string of the molecule is C#Cc1cc(OC)cc(N)n1. The van der Waals surface area contributed by atoms with Crippen LogP contribution in [0.5, 0.6) is 5.75 Å². The van der Waals surface area contributed by atoms with Gasteiger partial charge in [-0.3, -0.25) is 0 Å². The molecule has 0 bridgehead atoms. The van der Waals surface area contributed by atoms with Gasteiger partial charge >= 0.3 is 0 Å². The Morgan fingerprint density at radius 2 is 2.36 bits per heavy atom. The molecule has 0 radical (unpaired) electrons. The average Bonchev–Trinajstić information content (AvgIpc) is 2.03. The third kappa shape index (κ3) is 1.62. The molecule has 0 aliphatic heterocycles. The quantitative estimate of drug-likeness (QED) is 0.595. The van der Waals surface area contributed by atoms with Crippen molar-refractivity contribution < 1.29 is 4.74 Å². The maximum absolute atomic E-state index is 5.42. The van der Waals surface area contributed by atoms with Crippen molar-refractivity contribution >= 4 is 5.82 Å². The summed E-state index contributed by atoms with van der Waals surface area (Å²) in [5.74, 6) is 3.37. The lowest BCUT2D eigenvalue weighted by Crippen LogP contribution is -1.94. The van der Waals surface area contributed by atoms with Crippen LogP contribution >= 0.6 is 0 Å². The second-order valence-electron chi connectivity index (χ2n) is 1.96. The van der Waals surface area contributed by atoms with Crippen molar-refractivity contribution in [3.63, 3.8) is 0 Å². The van der Waals surface area contributed by atoms with Gasteiger partial charge in [-0.15, -0.1) is 6.42 Å². The molecule has 0 aromatic carbocycles. The first-order chi connectivity index (χ1) is 5.26. The maximum atomic E-state index is 5.42. The number of ether oxygens (including phenoxy) is 1. The molecule has 0 saturated heterocycles. The number of pyridine rings is 1. The first-order valence-corrected chi connectivity index (χ1v) is 3.04. The molecule has 56 valence electrons. The highest BCUT2D eigenvalue weighted by Crippen LogP contribution is 2.13. The zero-order valence-electron chi connectivity index (χ0n) is 6.16. The van der Waals surface area contributed by atoms with Gasteiger partial charge in [-0.2, -0.15) is 0 Å². The minimum atomic E-state index is 0.373. The van der Waals surface area contributed by atoms with Crippen molar-refractivity contribution in [2.24, 2.45) is 0 Å². The maximum Gasteiger partial charge on any atom is 0.128 e. The lowest BCUT2D eigenvalue weighted by Gasteiger charge is -2.00. The molecule has 11 heavy (non-hydrogen) atoms. The van der Waals surface area contributed by atoms with Gasteiger partial charge in [0, 0.05) is 12.1 Å². The number of methoxy groups -OCH3 is 1. The predicted octanol–water partition coefficient (Wildman–Crippen LogP) is 0.654. The third-order valence-electron chi connectivity index (χ3n) is 1.20. The van der Waals surface area contributed by atoms with Crippen molar-refractivity contribution in [3.8, 4) is 18.1 Å². The second kappa shape index (κ2) is 2.93. The summed E-state index contributed by atoms with van der Waals surface area (Å²) in [6.07, 6.45) is 5.12. The number of terminal acetylenes is 1. The van der Waals surface area contributed by atoms with Crippen molar-refractivity contribution in [3.05, 3.63) is 17.8 Å². The van der Waals surface area contributed by atoms with Crippen molar-refractivity contribution in [1.82, 2.24) is 4.98 Å². The number of hydrogen-bond acceptors (Lipinski definition) is 3. The van der Waals surface area contributed by atoms with E-state index < -0.39 is 0 Å². The van der Waals surface area contributed by atoms with Crippen LogP contribution < -0.4 is 10.5 Å². The molecule has 1 aromatic rings. The van der Waals surface area contributed by atoms with E-state index in [1.165, 1.54) is 0 Å². The van der Waals surface area contributed by atoms with Crippen LogP contribution in [-0.2, 0) is 0 Å². The Kier molecular flexibility index (Phi) is 1.98. The molecule has 0 aliphatic carbocycles. The molecule has 1 aromatic heterocycles. The number of hydrogen-bond donors (Lipinski definition) is 1. The van der Waals surface area contributed by atoms with Gasteiger partial charge in [0.1, 0.15) is 17.3 Å². The highest BCUT2D eigenvalue weighted by Gasteiger charge is 1.96. The molecule has 0 aliphatic rings. The summed E-state index contributed by atoms with van der Waals surface area (Å²) < 4.78 is 4.92. The first kappa shape index (κ1) is 7.42. The fourth-order valence-electron chi connectivity index (χ4n) is 0.718. The Balaban J connectivity index is 3.15. The number of anilines is 1. The van der Waals surface area contributed by atoms with Crippen LogP contribution in [0.4, 0.5) is 5.82 Å². The zero-order chi connectivity index (χ0) is 8.27. The van der Waals surface area contributed by atoms with Crippen molar-refractivity contribution in [2.75, 3.05) is 12.8 Å². The molecule has 0 fully saturated rings. The summed E-state index contributed by atoms with van der Waals surface area (Å²) in [5.41, 5.74) is 5.91. The molecule has 1 heterocycles. The number of aromatic nitrogens is 1. The van der Waals surface area contributed by atoms with E-state index in [0.717, 1.165) is 0 Å². The van der Waals surface area contributed by atoms with E-state index in [1.807, 2.05) is 0 Å². The van der Waals surface area contributed by atoms with Crippen LogP contribution in [-0.4, -0.2) is 12.1 Å². The first-order valence-electron chi connectivity index (χ1n) is 3.04. The van der Waals surface area contributed by atoms with Crippen molar-refractivity contribution in [2.45, 2.75) is 0 Å². The molecule has 3 nitrogen and oxygen atoms in total. The third-order valence-corrected chi connectivity index (χ3v) is 1.20. The molecular formula is C8H8N2O. The fraction of sp³-hybridized carbons (Fsp3) is 0.125. The molecule has 0 unspecified atom stereocenters. The van der Waals surface area contributed by atoms with Gasteiger partial charge in [-0.1, -0.05) is 5.92 Å². The summed E-state index contributed by atoms with van der Waals surface area (Å²) in [6, 6.07) is 3.26. The van der Waals surface area contributed by atoms with Crippen LogP contribution in [0.3, 0.4) is 0 Å². The van der Waals surface area contributed by atoms with E-state index in [-0.39, 0.29) is 0 Å². The largest absolute Gasteiger partial charge is 0.497 e. The highest BCUT2D eigenvalue weighted by atomic mass is 16.5. The zero-order valence-corrected chi connectivity index (χ0v) is 6.16. The van der Waals surface area contributed by atoms with Gasteiger partial charge in [0.25, 0.3) is 0 Å². The van der Waals surface area contributed by atoms with E-state index in [4.69, 9.17) is 16.9 Å². The molecule has 2 N–H and O–H groups in total. The second-order valence-corrected chi connectivity index (χ2v) is 1.96. The smallest absolute Gasteiger partial charge is 0.128 e. The van der Waals surface area contributed by atoms with Gasteiger partial charge in [0.2, 0.25) is 0 Å². The lowest BCUT2D eigenvalue weighted by atomic mass is 10.3. The highest BCUT2D eigenvalue weighted by molar-refractivity contribution is 5.43. The van der Waals surface area contributed by atoms with E-state index >= 15 is 0 Å². The van der Waals surface area contributed by atoms with Gasteiger partial charge in [0.05, 0.1) is 7.11 Å². The summed E-state index contributed by atoms with van der Waals surface area (Å²) in [4.78, 5) is 3.86. The minimum absolute atomic E-state index is 0.373. The van der Waals surface area contributed by atoms with Crippen LogP contribution in [0, 0.1) is 12.3 Å². The van der Waals surface area contributed by atoms with E-state index in [2.05, 4.69) is 10.9 Å². The van der Waals surface area contributed by atoms with Gasteiger partial charge in [0.15, 0.2) is 0 Å². The number of nitrogen functional groups attached to an aromatic ring is 1. The number of nitrogens with zero attached hydrogens (tertiary/aromatic N) is 1. The van der Waals surface area contributed by atoms with E-state index in [1.54, 1.807) is 19.2 Å². The number of rotatable bonds is 1. The summed E-state index contributed by atoms with van der Waals surface area (Å²) >= 11 is 0. The van der Waals surface area contributed by atoms with Crippen LogP contribution in [0.2, 0.25) is 0 Å². The van der Waals surface area contributed by atoms with E-state index in [0.29, 0.717) is 17.3 Å². The molecule has 0 saturated carbocycles. The van der Waals surface area contributed by atoms with Crippen LogP contribution in [0.15, 0.2) is 12.1 Å². The van der Waals surface area contributed by atoms with Crippen molar-refractivity contribution in [1.29, 1.82) is 0 Å². The Bertz CT molecular complexity index is 301. The summed E-state index contributed by atoms with van der Waals surface area (Å²) in [7, 11) is 1.55. The Morgan fingerprint density at radius 1 is 1.64 bits per heavy atom. The molecule has 0 spiro atoms. The molecule has 0 atom stereocenters. The monoisotopic (exact) mass is 148 g/mol.